The molecule has 5 nitrogen and oxygen atoms in total. The van der Waals surface area contributed by atoms with E-state index < -0.39 is 21.9 Å². The van der Waals surface area contributed by atoms with E-state index in [-0.39, 0.29) is 23.9 Å². The van der Waals surface area contributed by atoms with Gasteiger partial charge in [-0.2, -0.15) is 4.31 Å². The van der Waals surface area contributed by atoms with E-state index in [2.05, 4.69) is 0 Å². The van der Waals surface area contributed by atoms with Crippen LogP contribution in [-0.2, 0) is 14.8 Å². The Labute approximate surface area is 175 Å². The molecule has 1 aliphatic rings. The van der Waals surface area contributed by atoms with Crippen LogP contribution in [0.4, 0.5) is 10.1 Å². The molecule has 1 amide bonds. The number of sulfonamides is 1. The van der Waals surface area contributed by atoms with E-state index in [0.717, 1.165) is 28.9 Å². The molecule has 0 saturated carbocycles. The summed E-state index contributed by atoms with van der Waals surface area (Å²) in [5, 5.41) is 0. The summed E-state index contributed by atoms with van der Waals surface area (Å²) >= 11 is 0. The first-order valence-electron chi connectivity index (χ1n) is 9.63. The minimum atomic E-state index is -3.91. The lowest BCUT2D eigenvalue weighted by atomic mass is 10.0. The number of nitrogens with zero attached hydrogens (tertiary/aromatic N) is 2. The predicted molar refractivity (Wildman–Crippen MR) is 114 cm³/mol. The van der Waals surface area contributed by atoms with E-state index in [1.54, 1.807) is 11.8 Å². The second-order valence-corrected chi connectivity index (χ2v) is 9.01. The maximum absolute atomic E-state index is 13.2. The normalized spacial score (nSPS) is 17.9. The molecule has 0 radical (unpaired) electrons. The fraction of sp³-hybridized carbons (Fsp3) is 0.174. The molecule has 0 aliphatic carbocycles. The lowest BCUT2D eigenvalue weighted by Gasteiger charge is -2.38. The fourth-order valence-corrected chi connectivity index (χ4v) is 5.31. The Kier molecular flexibility index (Phi) is 5.40. The highest BCUT2D eigenvalue weighted by Crippen LogP contribution is 2.33. The zero-order valence-electron chi connectivity index (χ0n) is 16.4. The van der Waals surface area contributed by atoms with Gasteiger partial charge in [-0.25, -0.2) is 12.8 Å². The van der Waals surface area contributed by atoms with Gasteiger partial charge in [-0.1, -0.05) is 48.5 Å². The molecular formula is C23H21FN2O3S. The molecule has 1 saturated heterocycles. The Balaban J connectivity index is 1.65. The minimum Gasteiger partial charge on any atom is -0.309 e. The first-order valence-corrected chi connectivity index (χ1v) is 11.1. The van der Waals surface area contributed by atoms with E-state index in [1.165, 1.54) is 16.4 Å². The number of anilines is 1. The van der Waals surface area contributed by atoms with Crippen molar-refractivity contribution in [3.63, 3.8) is 0 Å². The Hall–Kier alpha value is -3.03. The van der Waals surface area contributed by atoms with Crippen LogP contribution in [-0.4, -0.2) is 37.8 Å². The molecule has 1 fully saturated rings. The average molecular weight is 424 g/mol. The van der Waals surface area contributed by atoms with Gasteiger partial charge in [0, 0.05) is 18.7 Å². The van der Waals surface area contributed by atoms with Crippen LogP contribution in [0.25, 0.3) is 11.1 Å². The highest BCUT2D eigenvalue weighted by molar-refractivity contribution is 7.89. The molecule has 0 N–H and O–H groups in total. The molecule has 1 unspecified atom stereocenters. The van der Waals surface area contributed by atoms with Crippen LogP contribution in [0.15, 0.2) is 83.8 Å². The molecule has 4 rings (SSSR count). The first kappa shape index (κ1) is 20.3. The van der Waals surface area contributed by atoms with Crippen molar-refractivity contribution in [2.75, 3.05) is 18.0 Å². The van der Waals surface area contributed by atoms with E-state index in [9.17, 15) is 17.6 Å². The van der Waals surface area contributed by atoms with Crippen LogP contribution in [0, 0.1) is 5.82 Å². The van der Waals surface area contributed by atoms with Gasteiger partial charge in [0.15, 0.2) is 0 Å². The van der Waals surface area contributed by atoms with Crippen molar-refractivity contribution in [2.45, 2.75) is 17.9 Å². The zero-order valence-corrected chi connectivity index (χ0v) is 17.2. The number of piperazine rings is 1. The van der Waals surface area contributed by atoms with Crippen molar-refractivity contribution in [2.24, 2.45) is 0 Å². The number of hydrogen-bond acceptors (Lipinski definition) is 3. The lowest BCUT2D eigenvalue weighted by Crippen LogP contribution is -2.57. The third-order valence-electron chi connectivity index (χ3n) is 5.30. The Morgan fingerprint density at radius 2 is 1.50 bits per heavy atom. The zero-order chi connectivity index (χ0) is 21.3. The summed E-state index contributed by atoms with van der Waals surface area (Å²) in [6, 6.07) is 21.1. The molecule has 7 heteroatoms. The highest BCUT2D eigenvalue weighted by atomic mass is 32.2. The third kappa shape index (κ3) is 3.62. The van der Waals surface area contributed by atoms with Gasteiger partial charge in [-0.3, -0.25) is 4.79 Å². The van der Waals surface area contributed by atoms with Gasteiger partial charge in [0.1, 0.15) is 11.9 Å². The Morgan fingerprint density at radius 3 is 2.20 bits per heavy atom. The molecule has 0 bridgehead atoms. The Bertz CT molecular complexity index is 1160. The summed E-state index contributed by atoms with van der Waals surface area (Å²) in [7, 11) is -3.91. The van der Waals surface area contributed by atoms with Crippen molar-refractivity contribution in [1.82, 2.24) is 4.31 Å². The predicted octanol–water partition coefficient (Wildman–Crippen LogP) is 3.92. The summed E-state index contributed by atoms with van der Waals surface area (Å²) in [6.45, 7) is 1.96. The number of carbonyl (C=O) groups is 1. The molecule has 1 heterocycles. The number of para-hydroxylation sites is 1. The van der Waals surface area contributed by atoms with Crippen molar-refractivity contribution in [3.8, 4) is 11.1 Å². The van der Waals surface area contributed by atoms with Gasteiger partial charge in [0.25, 0.3) is 0 Å². The fourth-order valence-electron chi connectivity index (χ4n) is 3.73. The van der Waals surface area contributed by atoms with E-state index in [0.29, 0.717) is 0 Å². The van der Waals surface area contributed by atoms with Gasteiger partial charge < -0.3 is 4.90 Å². The van der Waals surface area contributed by atoms with Crippen molar-refractivity contribution in [1.29, 1.82) is 0 Å². The quantitative estimate of drug-likeness (QED) is 0.638. The first-order chi connectivity index (χ1) is 14.4. The topological polar surface area (TPSA) is 57.7 Å². The number of hydrogen-bond donors (Lipinski definition) is 0. The van der Waals surface area contributed by atoms with Gasteiger partial charge in [0.05, 0.1) is 10.6 Å². The van der Waals surface area contributed by atoms with E-state index in [1.807, 2.05) is 54.6 Å². The monoisotopic (exact) mass is 424 g/mol. The van der Waals surface area contributed by atoms with Gasteiger partial charge >= 0.3 is 0 Å². The van der Waals surface area contributed by atoms with Crippen LogP contribution < -0.4 is 4.90 Å². The smallest absolute Gasteiger partial charge is 0.245 e. The van der Waals surface area contributed by atoms with Crippen LogP contribution >= 0.6 is 0 Å². The third-order valence-corrected chi connectivity index (χ3v) is 7.28. The summed E-state index contributed by atoms with van der Waals surface area (Å²) in [4.78, 5) is 14.8. The second kappa shape index (κ2) is 8.01. The van der Waals surface area contributed by atoms with Crippen LogP contribution in [0.2, 0.25) is 0 Å². The van der Waals surface area contributed by atoms with Gasteiger partial charge in [-0.15, -0.1) is 0 Å². The van der Waals surface area contributed by atoms with E-state index >= 15 is 0 Å². The largest absolute Gasteiger partial charge is 0.309 e. The summed E-state index contributed by atoms with van der Waals surface area (Å²) in [6.07, 6.45) is 0. The number of rotatable bonds is 4. The summed E-state index contributed by atoms with van der Waals surface area (Å²) in [5.74, 6) is -0.810. The Morgan fingerprint density at radius 1 is 0.867 bits per heavy atom. The lowest BCUT2D eigenvalue weighted by molar-refractivity contribution is -0.123. The van der Waals surface area contributed by atoms with Crippen molar-refractivity contribution >= 4 is 21.6 Å². The van der Waals surface area contributed by atoms with Crippen molar-refractivity contribution < 1.29 is 17.6 Å². The standard InChI is InChI=1S/C23H21FN2O3S/c1-17-23(27)25(22-10-6-5-9-21(22)18-7-3-2-4-8-18)15-16-26(17)30(28,29)20-13-11-19(24)12-14-20/h2-14,17H,15-16H2,1H3. The molecular weight excluding hydrogens is 403 g/mol. The van der Waals surface area contributed by atoms with Crippen LogP contribution in [0.1, 0.15) is 6.92 Å². The molecule has 154 valence electrons. The average Bonchev–Trinajstić information content (AvgIpc) is 2.76. The number of benzene rings is 3. The van der Waals surface area contributed by atoms with Crippen LogP contribution in [0.3, 0.4) is 0 Å². The van der Waals surface area contributed by atoms with Crippen molar-refractivity contribution in [3.05, 3.63) is 84.7 Å². The van der Waals surface area contributed by atoms with Gasteiger partial charge in [-0.05, 0) is 42.8 Å². The highest BCUT2D eigenvalue weighted by Gasteiger charge is 2.40. The maximum Gasteiger partial charge on any atom is 0.245 e. The van der Waals surface area contributed by atoms with E-state index in [4.69, 9.17) is 0 Å². The summed E-state index contributed by atoms with van der Waals surface area (Å²) < 4.78 is 40.4. The molecule has 3 aromatic rings. The molecule has 3 aromatic carbocycles. The van der Waals surface area contributed by atoms with Crippen LogP contribution in [0.5, 0.6) is 0 Å². The summed E-state index contributed by atoms with van der Waals surface area (Å²) in [5.41, 5.74) is 2.64. The maximum atomic E-state index is 13.2. The molecule has 0 spiro atoms. The number of halogens is 1. The molecule has 30 heavy (non-hydrogen) atoms. The SMILES string of the molecule is CC1C(=O)N(c2ccccc2-c2ccccc2)CCN1S(=O)(=O)c1ccc(F)cc1. The molecule has 1 aliphatic heterocycles. The molecule has 1 atom stereocenters. The second-order valence-electron chi connectivity index (χ2n) is 7.12. The van der Waals surface area contributed by atoms with Gasteiger partial charge in [0.2, 0.25) is 15.9 Å². The number of amides is 1. The molecule has 0 aromatic heterocycles. The minimum absolute atomic E-state index is 0.0262. The number of carbonyl (C=O) groups excluding carboxylic acids is 1.